The molecule has 0 fully saturated rings. The molecule has 0 amide bonds. The Balaban J connectivity index is 2.66. The van der Waals surface area contributed by atoms with Crippen LogP contribution in [-0.4, -0.2) is 32.2 Å². The Morgan fingerprint density at radius 2 is 1.84 bits per heavy atom. The van der Waals surface area contributed by atoms with E-state index < -0.39 is 8.32 Å². The van der Waals surface area contributed by atoms with Crippen LogP contribution >= 0.6 is 0 Å². The lowest BCUT2D eigenvalue weighted by Gasteiger charge is -2.37. The highest BCUT2D eigenvalue weighted by atomic mass is 28.4. The summed E-state index contributed by atoms with van der Waals surface area (Å²) in [6, 6.07) is 10.6. The van der Waals surface area contributed by atoms with E-state index in [1.165, 1.54) is 5.56 Å². The average Bonchev–Trinajstić information content (AvgIpc) is 2.56. The number of aliphatic hydroxyl groups is 1. The summed E-state index contributed by atoms with van der Waals surface area (Å²) < 4.78 is 6.39. The zero-order valence-corrected chi connectivity index (χ0v) is 17.9. The third-order valence-electron chi connectivity index (χ3n) is 5.09. The van der Waals surface area contributed by atoms with Gasteiger partial charge in [0, 0.05) is 12.6 Å². The van der Waals surface area contributed by atoms with Gasteiger partial charge >= 0.3 is 0 Å². The summed E-state index contributed by atoms with van der Waals surface area (Å²) >= 11 is 0. The topological polar surface area (TPSA) is 41.5 Å². The Morgan fingerprint density at radius 1 is 1.20 bits per heavy atom. The monoisotopic (exact) mass is 363 g/mol. The van der Waals surface area contributed by atoms with Gasteiger partial charge < -0.3 is 14.8 Å². The predicted molar refractivity (Wildman–Crippen MR) is 110 cm³/mol. The smallest absolute Gasteiger partial charge is 0.192 e. The van der Waals surface area contributed by atoms with Crippen molar-refractivity contribution in [3.8, 4) is 0 Å². The number of rotatable bonds is 10. The summed E-state index contributed by atoms with van der Waals surface area (Å²) in [6.07, 6.45) is 5.45. The van der Waals surface area contributed by atoms with Crippen LogP contribution in [0, 0.1) is 0 Å². The molecule has 0 radical (unpaired) electrons. The maximum absolute atomic E-state index is 9.75. The van der Waals surface area contributed by atoms with Crippen LogP contribution in [0.25, 0.3) is 0 Å². The Hall–Kier alpha value is -0.943. The van der Waals surface area contributed by atoms with Gasteiger partial charge in [0.05, 0.1) is 12.7 Å². The van der Waals surface area contributed by atoms with E-state index in [9.17, 15) is 5.11 Å². The van der Waals surface area contributed by atoms with E-state index in [1.807, 2.05) is 13.0 Å². The maximum Gasteiger partial charge on any atom is 0.192 e. The van der Waals surface area contributed by atoms with E-state index in [1.54, 1.807) is 0 Å². The minimum absolute atomic E-state index is 0.151. The molecule has 1 aromatic rings. The van der Waals surface area contributed by atoms with E-state index in [0.717, 1.165) is 13.0 Å². The Kier molecular flexibility index (Phi) is 9.07. The van der Waals surface area contributed by atoms with Crippen molar-refractivity contribution in [2.45, 2.75) is 77.4 Å². The number of hydrogen-bond acceptors (Lipinski definition) is 3. The molecule has 1 rings (SSSR count). The second kappa shape index (κ2) is 10.3. The SMILES string of the molecule is CC[C@H](O)C/C=C\[C@H](CO[Si](C)(C)C(C)(C)C)NCc1ccccc1. The molecule has 2 N–H and O–H groups in total. The molecule has 0 saturated carbocycles. The van der Waals surface area contributed by atoms with Crippen LogP contribution in [0.2, 0.25) is 18.1 Å². The molecule has 142 valence electrons. The van der Waals surface area contributed by atoms with E-state index in [-0.39, 0.29) is 17.2 Å². The number of hydrogen-bond donors (Lipinski definition) is 2. The van der Waals surface area contributed by atoms with Crippen molar-refractivity contribution in [2.75, 3.05) is 6.61 Å². The van der Waals surface area contributed by atoms with E-state index >= 15 is 0 Å². The van der Waals surface area contributed by atoms with Gasteiger partial charge in [-0.25, -0.2) is 0 Å². The van der Waals surface area contributed by atoms with Crippen LogP contribution in [0.3, 0.4) is 0 Å². The summed E-state index contributed by atoms with van der Waals surface area (Å²) in [4.78, 5) is 0. The van der Waals surface area contributed by atoms with Gasteiger partial charge in [-0.3, -0.25) is 0 Å². The van der Waals surface area contributed by atoms with Gasteiger partial charge in [0.1, 0.15) is 0 Å². The quantitative estimate of drug-likeness (QED) is 0.460. The molecule has 2 atom stereocenters. The molecule has 0 bridgehead atoms. The van der Waals surface area contributed by atoms with Gasteiger partial charge in [0.2, 0.25) is 0 Å². The van der Waals surface area contributed by atoms with Crippen molar-refractivity contribution in [1.29, 1.82) is 0 Å². The largest absolute Gasteiger partial charge is 0.415 e. The minimum Gasteiger partial charge on any atom is -0.415 e. The molecule has 0 aliphatic rings. The van der Waals surface area contributed by atoms with Crippen LogP contribution in [0.4, 0.5) is 0 Å². The fourth-order valence-electron chi connectivity index (χ4n) is 2.11. The molecule has 4 heteroatoms. The van der Waals surface area contributed by atoms with Gasteiger partial charge in [-0.1, -0.05) is 70.2 Å². The summed E-state index contributed by atoms with van der Waals surface area (Å²) in [7, 11) is -1.77. The molecular weight excluding hydrogens is 326 g/mol. The standard InChI is InChI=1S/C21H37NO2Si/c1-7-20(23)15-11-14-19(17-24-25(5,6)21(2,3)4)22-16-18-12-9-8-10-13-18/h8-14,19-20,22-23H,7,15-17H2,1-6H3/b14-11-/t19-,20+/m1/s1. The molecule has 0 aromatic heterocycles. The Labute approximate surface area is 155 Å². The molecule has 3 nitrogen and oxygen atoms in total. The average molecular weight is 364 g/mol. The summed E-state index contributed by atoms with van der Waals surface area (Å²) in [5.74, 6) is 0. The highest BCUT2D eigenvalue weighted by Crippen LogP contribution is 2.36. The summed E-state index contributed by atoms with van der Waals surface area (Å²) in [5.41, 5.74) is 1.27. The van der Waals surface area contributed by atoms with Crippen LogP contribution in [0.15, 0.2) is 42.5 Å². The van der Waals surface area contributed by atoms with Crippen molar-refractivity contribution in [3.63, 3.8) is 0 Å². The number of benzene rings is 1. The normalized spacial score (nSPS) is 15.5. The minimum atomic E-state index is -1.77. The van der Waals surface area contributed by atoms with Gasteiger partial charge in [-0.15, -0.1) is 0 Å². The first-order chi connectivity index (χ1) is 11.7. The number of aliphatic hydroxyl groups excluding tert-OH is 1. The van der Waals surface area contributed by atoms with Crippen molar-refractivity contribution in [2.24, 2.45) is 0 Å². The Morgan fingerprint density at radius 3 is 2.40 bits per heavy atom. The second-order valence-electron chi connectivity index (χ2n) is 8.27. The third-order valence-corrected chi connectivity index (χ3v) is 9.59. The third kappa shape index (κ3) is 8.32. The van der Waals surface area contributed by atoms with E-state index in [0.29, 0.717) is 13.0 Å². The van der Waals surface area contributed by atoms with Gasteiger partial charge in [0.15, 0.2) is 8.32 Å². The summed E-state index contributed by atoms with van der Waals surface area (Å²) in [5, 5.41) is 13.5. The van der Waals surface area contributed by atoms with Gasteiger partial charge in [-0.05, 0) is 36.5 Å². The van der Waals surface area contributed by atoms with E-state index in [2.05, 4.69) is 75.6 Å². The molecule has 0 spiro atoms. The first-order valence-corrected chi connectivity index (χ1v) is 12.3. The highest BCUT2D eigenvalue weighted by molar-refractivity contribution is 6.74. The van der Waals surface area contributed by atoms with Crippen molar-refractivity contribution in [1.82, 2.24) is 5.32 Å². The number of nitrogens with one attached hydrogen (secondary N) is 1. The van der Waals surface area contributed by atoms with Crippen LogP contribution < -0.4 is 5.32 Å². The molecule has 1 aromatic carbocycles. The van der Waals surface area contributed by atoms with Crippen LogP contribution in [-0.2, 0) is 11.0 Å². The van der Waals surface area contributed by atoms with Gasteiger partial charge in [-0.2, -0.15) is 0 Å². The van der Waals surface area contributed by atoms with Crippen LogP contribution in [0.1, 0.15) is 46.1 Å². The van der Waals surface area contributed by atoms with Crippen LogP contribution in [0.5, 0.6) is 0 Å². The van der Waals surface area contributed by atoms with Crippen molar-refractivity contribution in [3.05, 3.63) is 48.0 Å². The van der Waals surface area contributed by atoms with Gasteiger partial charge in [0.25, 0.3) is 0 Å². The zero-order chi connectivity index (χ0) is 18.9. The van der Waals surface area contributed by atoms with Crippen molar-refractivity contribution >= 4 is 8.32 Å². The summed E-state index contributed by atoms with van der Waals surface area (Å²) in [6.45, 7) is 14.8. The Bertz CT molecular complexity index is 508. The maximum atomic E-state index is 9.75. The second-order valence-corrected chi connectivity index (χ2v) is 13.1. The molecular formula is C21H37NO2Si. The molecule has 0 saturated heterocycles. The highest BCUT2D eigenvalue weighted by Gasteiger charge is 2.37. The first-order valence-electron chi connectivity index (χ1n) is 9.41. The van der Waals surface area contributed by atoms with E-state index in [4.69, 9.17) is 4.43 Å². The molecule has 0 aliphatic carbocycles. The predicted octanol–water partition coefficient (Wildman–Crippen LogP) is 4.88. The fourth-order valence-corrected chi connectivity index (χ4v) is 3.14. The lowest BCUT2D eigenvalue weighted by Crippen LogP contribution is -2.44. The van der Waals surface area contributed by atoms with Crippen molar-refractivity contribution < 1.29 is 9.53 Å². The lowest BCUT2D eigenvalue weighted by atomic mass is 10.1. The molecule has 0 heterocycles. The molecule has 0 unspecified atom stereocenters. The fraction of sp³-hybridized carbons (Fsp3) is 0.619. The first kappa shape index (κ1) is 22.1. The lowest BCUT2D eigenvalue weighted by molar-refractivity contribution is 0.173. The molecule has 0 aliphatic heterocycles. The zero-order valence-electron chi connectivity index (χ0n) is 16.9. The molecule has 25 heavy (non-hydrogen) atoms.